The molecule has 1 heterocycles. The lowest BCUT2D eigenvalue weighted by atomic mass is 9.95. The van der Waals surface area contributed by atoms with Crippen LogP contribution in [0.2, 0.25) is 4.34 Å². The van der Waals surface area contributed by atoms with Crippen LogP contribution in [0.4, 0.5) is 0 Å². The minimum absolute atomic E-state index is 0.645. The maximum absolute atomic E-state index is 5.86. The maximum Gasteiger partial charge on any atom is 0.113 e. The van der Waals surface area contributed by atoms with Crippen molar-refractivity contribution in [1.29, 1.82) is 0 Å². The van der Waals surface area contributed by atoms with Crippen LogP contribution in [0.5, 0.6) is 0 Å². The van der Waals surface area contributed by atoms with Gasteiger partial charge in [-0.1, -0.05) is 24.4 Å². The van der Waals surface area contributed by atoms with Gasteiger partial charge in [0.1, 0.15) is 9.34 Å². The van der Waals surface area contributed by atoms with Crippen molar-refractivity contribution in [3.05, 3.63) is 15.5 Å². The number of hydrogen-bond donors (Lipinski definition) is 1. The molecule has 1 aromatic heterocycles. The summed E-state index contributed by atoms with van der Waals surface area (Å²) in [6.45, 7) is 0.860. The second-order valence-corrected chi connectivity index (χ2v) is 6.93. The average Bonchev–Trinajstić information content (AvgIpc) is 2.73. The van der Waals surface area contributed by atoms with Crippen molar-refractivity contribution in [3.63, 3.8) is 0 Å². The fraction of sp³-hybridized carbons (Fsp3) is 0.727. The van der Waals surface area contributed by atoms with E-state index < -0.39 is 0 Å². The summed E-state index contributed by atoms with van der Waals surface area (Å²) in [6.07, 6.45) is 9.32. The van der Waals surface area contributed by atoms with Crippen LogP contribution in [0, 0.1) is 0 Å². The molecule has 0 aromatic carbocycles. The van der Waals surface area contributed by atoms with Crippen molar-refractivity contribution in [2.45, 2.75) is 43.5 Å². The van der Waals surface area contributed by atoms with Gasteiger partial charge in [0, 0.05) is 17.8 Å². The highest BCUT2D eigenvalue weighted by atomic mass is 35.5. The Labute approximate surface area is 110 Å². The zero-order valence-electron chi connectivity index (χ0n) is 9.41. The standard InChI is InChI=1S/C11H17ClN2S2/c1-15-9-5-3-2-4-8(9)13-7-11-14-6-10(12)16-11/h6,8-9,13H,2-5,7H2,1H3. The van der Waals surface area contributed by atoms with Gasteiger partial charge < -0.3 is 5.32 Å². The van der Waals surface area contributed by atoms with Gasteiger partial charge in [-0.25, -0.2) is 4.98 Å². The molecule has 1 aliphatic carbocycles. The molecule has 0 amide bonds. The lowest BCUT2D eigenvalue weighted by Gasteiger charge is -2.30. The van der Waals surface area contributed by atoms with Crippen molar-refractivity contribution >= 4 is 34.7 Å². The number of nitrogens with one attached hydrogen (secondary N) is 1. The fourth-order valence-corrected chi connectivity index (χ4v) is 4.07. The predicted molar refractivity (Wildman–Crippen MR) is 73.5 cm³/mol. The van der Waals surface area contributed by atoms with Crippen LogP contribution in [0.25, 0.3) is 0 Å². The Kier molecular flexibility index (Phi) is 4.95. The molecule has 1 aromatic rings. The molecule has 1 saturated carbocycles. The van der Waals surface area contributed by atoms with Crippen molar-refractivity contribution in [2.24, 2.45) is 0 Å². The Hall–Kier alpha value is 0.230. The van der Waals surface area contributed by atoms with E-state index >= 15 is 0 Å². The molecule has 2 rings (SSSR count). The first-order chi connectivity index (χ1) is 7.79. The van der Waals surface area contributed by atoms with E-state index in [1.165, 1.54) is 25.7 Å². The lowest BCUT2D eigenvalue weighted by molar-refractivity contribution is 0.383. The summed E-state index contributed by atoms with van der Waals surface area (Å²) in [6, 6.07) is 0.645. The third kappa shape index (κ3) is 3.36. The van der Waals surface area contributed by atoms with Gasteiger partial charge in [0.05, 0.1) is 6.20 Å². The van der Waals surface area contributed by atoms with Crippen molar-refractivity contribution in [1.82, 2.24) is 10.3 Å². The Morgan fingerprint density at radius 1 is 1.56 bits per heavy atom. The number of thioether (sulfide) groups is 1. The summed E-state index contributed by atoms with van der Waals surface area (Å²) in [5.74, 6) is 0. The Balaban J connectivity index is 1.84. The molecule has 1 fully saturated rings. The van der Waals surface area contributed by atoms with Gasteiger partial charge in [0.2, 0.25) is 0 Å². The first-order valence-corrected chi connectivity index (χ1v) is 8.14. The summed E-state index contributed by atoms with van der Waals surface area (Å²) in [5, 5.41) is 5.48. The summed E-state index contributed by atoms with van der Waals surface area (Å²) >= 11 is 9.42. The van der Waals surface area contributed by atoms with E-state index in [1.54, 1.807) is 17.5 Å². The Morgan fingerprint density at radius 3 is 3.06 bits per heavy atom. The number of nitrogens with zero attached hydrogens (tertiary/aromatic N) is 1. The molecule has 0 saturated heterocycles. The first kappa shape index (κ1) is 12.7. The van der Waals surface area contributed by atoms with Gasteiger partial charge in [-0.3, -0.25) is 0 Å². The van der Waals surface area contributed by atoms with Crippen LogP contribution in [0.15, 0.2) is 6.20 Å². The lowest BCUT2D eigenvalue weighted by Crippen LogP contribution is -2.39. The molecule has 0 radical (unpaired) electrons. The summed E-state index contributed by atoms with van der Waals surface area (Å²) < 4.78 is 0.780. The quantitative estimate of drug-likeness (QED) is 0.910. The molecule has 2 unspecified atom stereocenters. The van der Waals surface area contributed by atoms with Gasteiger partial charge in [-0.05, 0) is 19.1 Å². The van der Waals surface area contributed by atoms with Crippen molar-refractivity contribution < 1.29 is 0 Å². The number of halogens is 1. The van der Waals surface area contributed by atoms with Gasteiger partial charge in [0.15, 0.2) is 0 Å². The predicted octanol–water partition coefficient (Wildman–Crippen LogP) is 3.56. The van der Waals surface area contributed by atoms with E-state index in [0.717, 1.165) is 21.1 Å². The molecule has 1 aliphatic rings. The fourth-order valence-electron chi connectivity index (χ4n) is 2.20. The Morgan fingerprint density at radius 2 is 2.38 bits per heavy atom. The van der Waals surface area contributed by atoms with Gasteiger partial charge in [0.25, 0.3) is 0 Å². The summed E-state index contributed by atoms with van der Waals surface area (Å²) in [4.78, 5) is 4.27. The average molecular weight is 277 g/mol. The third-order valence-corrected chi connectivity index (χ3v) is 5.33. The number of hydrogen-bond acceptors (Lipinski definition) is 4. The van der Waals surface area contributed by atoms with E-state index in [-0.39, 0.29) is 0 Å². The smallest absolute Gasteiger partial charge is 0.113 e. The highest BCUT2D eigenvalue weighted by molar-refractivity contribution is 7.99. The highest BCUT2D eigenvalue weighted by Crippen LogP contribution is 2.27. The molecule has 5 heteroatoms. The van der Waals surface area contributed by atoms with Gasteiger partial charge in [-0.2, -0.15) is 11.8 Å². The monoisotopic (exact) mass is 276 g/mol. The van der Waals surface area contributed by atoms with E-state index in [2.05, 4.69) is 16.6 Å². The largest absolute Gasteiger partial charge is 0.307 e. The topological polar surface area (TPSA) is 24.9 Å². The third-order valence-electron chi connectivity index (χ3n) is 3.05. The number of thiazole rings is 1. The van der Waals surface area contributed by atoms with E-state index in [1.807, 2.05) is 11.8 Å². The molecule has 90 valence electrons. The zero-order valence-corrected chi connectivity index (χ0v) is 11.8. The van der Waals surface area contributed by atoms with Crippen LogP contribution in [0.1, 0.15) is 30.7 Å². The molecule has 0 aliphatic heterocycles. The number of aromatic nitrogens is 1. The van der Waals surface area contributed by atoms with Crippen LogP contribution in [-0.4, -0.2) is 22.5 Å². The minimum Gasteiger partial charge on any atom is -0.307 e. The Bertz CT molecular complexity index is 330. The molecular weight excluding hydrogens is 260 g/mol. The normalized spacial score (nSPS) is 25.9. The zero-order chi connectivity index (χ0) is 11.4. The van der Waals surface area contributed by atoms with E-state index in [4.69, 9.17) is 11.6 Å². The minimum atomic E-state index is 0.645. The summed E-state index contributed by atoms with van der Waals surface area (Å²) in [5.41, 5.74) is 0. The van der Waals surface area contributed by atoms with E-state index in [9.17, 15) is 0 Å². The van der Waals surface area contributed by atoms with Crippen LogP contribution < -0.4 is 5.32 Å². The number of rotatable bonds is 4. The summed E-state index contributed by atoms with van der Waals surface area (Å²) in [7, 11) is 0. The molecule has 16 heavy (non-hydrogen) atoms. The first-order valence-electron chi connectivity index (χ1n) is 5.66. The molecular formula is C11H17ClN2S2. The van der Waals surface area contributed by atoms with E-state index in [0.29, 0.717) is 6.04 Å². The molecule has 0 spiro atoms. The van der Waals surface area contributed by atoms with Crippen LogP contribution >= 0.6 is 34.7 Å². The molecule has 2 atom stereocenters. The molecule has 0 bridgehead atoms. The molecule has 1 N–H and O–H groups in total. The van der Waals surface area contributed by atoms with Crippen molar-refractivity contribution in [2.75, 3.05) is 6.26 Å². The van der Waals surface area contributed by atoms with Crippen LogP contribution in [-0.2, 0) is 6.54 Å². The van der Waals surface area contributed by atoms with Crippen molar-refractivity contribution in [3.8, 4) is 0 Å². The maximum atomic E-state index is 5.86. The van der Waals surface area contributed by atoms with Gasteiger partial charge >= 0.3 is 0 Å². The van der Waals surface area contributed by atoms with Gasteiger partial charge in [-0.15, -0.1) is 11.3 Å². The highest BCUT2D eigenvalue weighted by Gasteiger charge is 2.23. The SMILES string of the molecule is CSC1CCCCC1NCc1ncc(Cl)s1. The van der Waals surface area contributed by atoms with Crippen LogP contribution in [0.3, 0.4) is 0 Å². The second kappa shape index (κ2) is 6.24. The second-order valence-electron chi connectivity index (χ2n) is 4.10. The molecule has 2 nitrogen and oxygen atoms in total.